The molecule has 30 heavy (non-hydrogen) atoms. The van der Waals surface area contributed by atoms with E-state index in [1.807, 2.05) is 34.6 Å². The topological polar surface area (TPSA) is 110 Å². The molecule has 2 rings (SSSR count). The molecule has 1 fully saturated rings. The maximum absolute atomic E-state index is 12.5. The minimum Gasteiger partial charge on any atom is -0.352 e. The number of aromatic amines is 1. The van der Waals surface area contributed by atoms with Crippen LogP contribution in [0.25, 0.3) is 0 Å². The standard InChI is InChI=1S/C20H33N4O5P/c1-12(2)24(13(3)4)30(27-10-8-9-21)29-17-15(6)16(7)28-19(17)23-11-14(5)18(25)22-20(23)26/h11-13,15-17,19H,8,10H2,1-7H3,(H,22,25,26)/t15-,16+,17?,19+,30?/m0/s1/i7D. The summed E-state index contributed by atoms with van der Waals surface area (Å²) in [4.78, 5) is 26.6. The van der Waals surface area contributed by atoms with E-state index in [1.54, 1.807) is 6.92 Å². The van der Waals surface area contributed by atoms with Crippen LogP contribution in [-0.4, -0.2) is 45.1 Å². The summed E-state index contributed by atoms with van der Waals surface area (Å²) in [6.45, 7) is 11.9. The Hall–Kier alpha value is -1.56. The van der Waals surface area contributed by atoms with Crippen molar-refractivity contribution in [2.75, 3.05) is 6.61 Å². The second-order valence-electron chi connectivity index (χ2n) is 8.02. The van der Waals surface area contributed by atoms with Crippen molar-refractivity contribution in [3.63, 3.8) is 0 Å². The Bertz CT molecular complexity index is 876. The molecule has 1 aliphatic rings. The van der Waals surface area contributed by atoms with Crippen LogP contribution in [-0.2, 0) is 13.8 Å². The van der Waals surface area contributed by atoms with Crippen molar-refractivity contribution >= 4 is 8.53 Å². The van der Waals surface area contributed by atoms with E-state index in [2.05, 4.69) is 15.7 Å². The van der Waals surface area contributed by atoms with Gasteiger partial charge in [-0.2, -0.15) is 5.26 Å². The van der Waals surface area contributed by atoms with E-state index < -0.39 is 38.2 Å². The lowest BCUT2D eigenvalue weighted by molar-refractivity contribution is -0.0316. The van der Waals surface area contributed by atoms with Gasteiger partial charge in [-0.3, -0.25) is 14.3 Å². The predicted octanol–water partition coefficient (Wildman–Crippen LogP) is 3.06. The molecule has 0 amide bonds. The number of nitrogens with one attached hydrogen (secondary N) is 1. The molecule has 5 atom stereocenters. The van der Waals surface area contributed by atoms with Crippen LogP contribution < -0.4 is 11.2 Å². The predicted molar refractivity (Wildman–Crippen MR) is 115 cm³/mol. The summed E-state index contributed by atoms with van der Waals surface area (Å²) in [7, 11) is -1.56. The Morgan fingerprint density at radius 1 is 1.40 bits per heavy atom. The highest BCUT2D eigenvalue weighted by Crippen LogP contribution is 2.51. The van der Waals surface area contributed by atoms with Crippen molar-refractivity contribution in [3.05, 3.63) is 32.6 Å². The number of nitrogens with zero attached hydrogens (tertiary/aromatic N) is 3. The number of H-pyrrole nitrogens is 1. The average molecular weight is 441 g/mol. The lowest BCUT2D eigenvalue weighted by Crippen LogP contribution is -2.39. The van der Waals surface area contributed by atoms with E-state index >= 15 is 0 Å². The van der Waals surface area contributed by atoms with Gasteiger partial charge >= 0.3 is 5.69 Å². The first-order valence-corrected chi connectivity index (χ1v) is 11.3. The van der Waals surface area contributed by atoms with Crippen molar-refractivity contribution in [2.24, 2.45) is 5.92 Å². The lowest BCUT2D eigenvalue weighted by Gasteiger charge is -2.38. The molecule has 1 aromatic heterocycles. The first-order valence-electron chi connectivity index (χ1n) is 10.8. The maximum Gasteiger partial charge on any atom is 0.330 e. The van der Waals surface area contributed by atoms with Crippen LogP contribution in [0.3, 0.4) is 0 Å². The van der Waals surface area contributed by atoms with Crippen LogP contribution in [0.2, 0.25) is 0 Å². The lowest BCUT2D eigenvalue weighted by atomic mass is 10.0. The first-order chi connectivity index (χ1) is 14.6. The van der Waals surface area contributed by atoms with Gasteiger partial charge in [0.2, 0.25) is 0 Å². The monoisotopic (exact) mass is 441 g/mol. The zero-order valence-electron chi connectivity index (χ0n) is 19.5. The van der Waals surface area contributed by atoms with E-state index in [1.165, 1.54) is 10.8 Å². The van der Waals surface area contributed by atoms with Crippen molar-refractivity contribution < 1.29 is 15.2 Å². The minimum absolute atomic E-state index is 0.0138. The number of nitriles is 1. The van der Waals surface area contributed by atoms with Gasteiger partial charge in [0.05, 0.1) is 25.2 Å². The zero-order chi connectivity index (χ0) is 23.3. The van der Waals surface area contributed by atoms with Crippen molar-refractivity contribution in [3.8, 4) is 6.07 Å². The van der Waals surface area contributed by atoms with Gasteiger partial charge in [-0.25, -0.2) is 9.46 Å². The SMILES string of the molecule is [2H]C[C@H]1O[C@@H](n2cc(C)c(=O)[nH]c2=O)C(OP(OCCC#N)N(C(C)C)C(C)C)[C@H]1C. The molecule has 0 saturated carbocycles. The van der Waals surface area contributed by atoms with Crippen LogP contribution in [0.5, 0.6) is 0 Å². The quantitative estimate of drug-likeness (QED) is 0.463. The minimum atomic E-state index is -1.56. The number of ether oxygens (including phenoxy) is 1. The Morgan fingerprint density at radius 2 is 2.07 bits per heavy atom. The van der Waals surface area contributed by atoms with Crippen LogP contribution >= 0.6 is 8.53 Å². The second-order valence-corrected chi connectivity index (χ2v) is 9.43. The molecular weight excluding hydrogens is 407 g/mol. The number of hydrogen-bond acceptors (Lipinski definition) is 7. The Labute approximate surface area is 180 Å². The van der Waals surface area contributed by atoms with Gasteiger partial charge in [-0.15, -0.1) is 0 Å². The van der Waals surface area contributed by atoms with Crippen molar-refractivity contribution in [2.45, 2.75) is 85.4 Å². The van der Waals surface area contributed by atoms with Crippen LogP contribution in [0.1, 0.15) is 61.1 Å². The number of rotatable bonds is 9. The van der Waals surface area contributed by atoms with E-state index in [4.69, 9.17) is 20.4 Å². The Balaban J connectivity index is 2.43. The van der Waals surface area contributed by atoms with Gasteiger partial charge in [0.25, 0.3) is 14.1 Å². The van der Waals surface area contributed by atoms with Gasteiger partial charge in [0.15, 0.2) is 6.23 Å². The molecule has 1 aromatic rings. The number of hydrogen-bond donors (Lipinski definition) is 1. The molecule has 9 nitrogen and oxygen atoms in total. The fourth-order valence-electron chi connectivity index (χ4n) is 3.40. The summed E-state index contributed by atoms with van der Waals surface area (Å²) in [5.74, 6) is -0.188. The fraction of sp³-hybridized carbons (Fsp3) is 0.750. The third-order valence-corrected chi connectivity index (χ3v) is 7.12. The third-order valence-electron chi connectivity index (χ3n) is 4.99. The molecule has 10 heteroatoms. The van der Waals surface area contributed by atoms with Crippen LogP contribution in [0.4, 0.5) is 0 Å². The van der Waals surface area contributed by atoms with Gasteiger partial charge in [-0.1, -0.05) is 6.92 Å². The van der Waals surface area contributed by atoms with E-state index in [9.17, 15) is 9.59 Å². The van der Waals surface area contributed by atoms with Crippen molar-refractivity contribution in [1.82, 2.24) is 14.2 Å². The second kappa shape index (κ2) is 10.7. The maximum atomic E-state index is 12.5. The average Bonchev–Trinajstić information content (AvgIpc) is 2.99. The summed E-state index contributed by atoms with van der Waals surface area (Å²) in [5, 5.41) is 8.91. The van der Waals surface area contributed by atoms with Gasteiger partial charge in [-0.05, 0) is 41.5 Å². The third kappa shape index (κ3) is 5.57. The largest absolute Gasteiger partial charge is 0.352 e. The molecule has 2 unspecified atom stereocenters. The van der Waals surface area contributed by atoms with E-state index in [0.29, 0.717) is 5.56 Å². The Kier molecular flexibility index (Phi) is 8.20. The number of aryl methyl sites for hydroxylation is 1. The highest BCUT2D eigenvalue weighted by atomic mass is 31.2. The number of aromatic nitrogens is 2. The summed E-state index contributed by atoms with van der Waals surface area (Å²) in [6, 6.07) is 2.31. The highest BCUT2D eigenvalue weighted by molar-refractivity contribution is 7.44. The molecule has 0 bridgehead atoms. The molecular formula is C20H33N4O5P. The summed E-state index contributed by atoms with van der Waals surface area (Å²) >= 11 is 0. The van der Waals surface area contributed by atoms with Gasteiger partial charge in [0, 0.05) is 31.1 Å². The zero-order valence-corrected chi connectivity index (χ0v) is 19.4. The molecule has 0 radical (unpaired) electrons. The molecule has 1 aliphatic heterocycles. The first kappa shape index (κ1) is 23.1. The molecule has 168 valence electrons. The van der Waals surface area contributed by atoms with E-state index in [-0.39, 0.29) is 37.9 Å². The fourth-order valence-corrected chi connectivity index (χ4v) is 5.21. The summed E-state index contributed by atoms with van der Waals surface area (Å²) in [6.07, 6.45) is -0.120. The smallest absolute Gasteiger partial charge is 0.330 e. The molecule has 2 heterocycles. The van der Waals surface area contributed by atoms with Crippen molar-refractivity contribution in [1.29, 1.82) is 5.26 Å². The normalized spacial score (nSPS) is 25.7. The molecule has 1 saturated heterocycles. The molecule has 0 spiro atoms. The molecule has 0 aromatic carbocycles. The van der Waals surface area contributed by atoms with Crippen LogP contribution in [0, 0.1) is 24.2 Å². The molecule has 0 aliphatic carbocycles. The summed E-state index contributed by atoms with van der Waals surface area (Å²) < 4.78 is 29.8. The van der Waals surface area contributed by atoms with Gasteiger partial charge in [0.1, 0.15) is 6.10 Å². The Morgan fingerprint density at radius 3 is 2.63 bits per heavy atom. The van der Waals surface area contributed by atoms with E-state index in [0.717, 1.165) is 0 Å². The molecule has 1 N–H and O–H groups in total. The van der Waals surface area contributed by atoms with Crippen LogP contribution in [0.15, 0.2) is 15.8 Å². The van der Waals surface area contributed by atoms with Gasteiger partial charge < -0.3 is 13.8 Å². The summed E-state index contributed by atoms with van der Waals surface area (Å²) in [5.41, 5.74) is -0.663. The highest BCUT2D eigenvalue weighted by Gasteiger charge is 2.45.